The molecule has 192 valence electrons. The van der Waals surface area contributed by atoms with Gasteiger partial charge in [-0.2, -0.15) is 8.61 Å². The van der Waals surface area contributed by atoms with Gasteiger partial charge in [0.1, 0.15) is 0 Å². The minimum absolute atomic E-state index is 0.0140. The molecule has 0 aromatic heterocycles. The summed E-state index contributed by atoms with van der Waals surface area (Å²) in [6.45, 7) is 9.99. The van der Waals surface area contributed by atoms with Gasteiger partial charge in [-0.25, -0.2) is 16.8 Å². The standard InChI is InChI=1S/C24H33N3O6S2/c1-6-26(7-2)35(31,32)23-14-21(12-11-17(23)3)25-24(28)20-9-8-10-22(13-20)34(29,30)27-15-18(4)33-19(5)16-27/h8-14,18-19H,6-7,15-16H2,1-5H3,(H,25,28)/t18-,19-/m1/s1. The van der Waals surface area contributed by atoms with Crippen molar-refractivity contribution in [3.63, 3.8) is 0 Å². The first-order valence-electron chi connectivity index (χ1n) is 11.6. The van der Waals surface area contributed by atoms with E-state index in [1.54, 1.807) is 32.9 Å². The van der Waals surface area contributed by atoms with E-state index in [4.69, 9.17) is 4.74 Å². The third-order valence-corrected chi connectivity index (χ3v) is 9.91. The Bertz CT molecular complexity index is 1280. The van der Waals surface area contributed by atoms with Crippen LogP contribution in [0.4, 0.5) is 5.69 Å². The van der Waals surface area contributed by atoms with Crippen molar-refractivity contribution in [2.24, 2.45) is 0 Å². The third-order valence-electron chi connectivity index (χ3n) is 5.89. The van der Waals surface area contributed by atoms with Gasteiger partial charge in [0.15, 0.2) is 0 Å². The highest BCUT2D eigenvalue weighted by Crippen LogP contribution is 2.25. The molecule has 3 rings (SSSR count). The molecule has 1 amide bonds. The van der Waals surface area contributed by atoms with Gasteiger partial charge in [-0.1, -0.05) is 26.0 Å². The first kappa shape index (κ1) is 27.3. The van der Waals surface area contributed by atoms with Crippen molar-refractivity contribution in [3.05, 3.63) is 53.6 Å². The number of anilines is 1. The van der Waals surface area contributed by atoms with E-state index in [0.29, 0.717) is 24.3 Å². The maximum Gasteiger partial charge on any atom is 0.255 e. The molecule has 1 N–H and O–H groups in total. The molecule has 0 unspecified atom stereocenters. The van der Waals surface area contributed by atoms with Crippen LogP contribution in [0.2, 0.25) is 0 Å². The number of hydrogen-bond donors (Lipinski definition) is 1. The predicted octanol–water partition coefficient (Wildman–Crippen LogP) is 3.08. The highest BCUT2D eigenvalue weighted by Gasteiger charge is 2.32. The molecule has 11 heteroatoms. The quantitative estimate of drug-likeness (QED) is 0.569. The molecule has 1 fully saturated rings. The Hall–Kier alpha value is -2.31. The van der Waals surface area contributed by atoms with Crippen LogP contribution >= 0.6 is 0 Å². The zero-order valence-corrected chi connectivity index (χ0v) is 22.3. The number of hydrogen-bond acceptors (Lipinski definition) is 6. The molecular formula is C24H33N3O6S2. The molecule has 2 atom stereocenters. The molecule has 9 nitrogen and oxygen atoms in total. The summed E-state index contributed by atoms with van der Waals surface area (Å²) < 4.78 is 60.7. The van der Waals surface area contributed by atoms with Gasteiger partial charge in [-0.15, -0.1) is 0 Å². The summed E-state index contributed by atoms with van der Waals surface area (Å²) in [5, 5.41) is 2.69. The van der Waals surface area contributed by atoms with Gasteiger partial charge < -0.3 is 10.1 Å². The lowest BCUT2D eigenvalue weighted by molar-refractivity contribution is -0.0440. The number of sulfonamides is 2. The number of rotatable bonds is 8. The van der Waals surface area contributed by atoms with Crippen LogP contribution in [0.25, 0.3) is 0 Å². The van der Waals surface area contributed by atoms with Crippen LogP contribution in [0.15, 0.2) is 52.3 Å². The Morgan fingerprint density at radius 3 is 2.26 bits per heavy atom. The molecular weight excluding hydrogens is 490 g/mol. The zero-order chi connectivity index (χ0) is 26.0. The lowest BCUT2D eigenvalue weighted by Crippen LogP contribution is -2.48. The molecule has 0 spiro atoms. The van der Waals surface area contributed by atoms with E-state index >= 15 is 0 Å². The summed E-state index contributed by atoms with van der Waals surface area (Å²) in [5.41, 5.74) is 1.02. The molecule has 35 heavy (non-hydrogen) atoms. The van der Waals surface area contributed by atoms with Gasteiger partial charge in [-0.05, 0) is 56.7 Å². The molecule has 1 aliphatic rings. The number of amides is 1. The molecule has 1 heterocycles. The maximum absolute atomic E-state index is 13.2. The summed E-state index contributed by atoms with van der Waals surface area (Å²) in [6.07, 6.45) is -0.466. The molecule has 0 saturated carbocycles. The number of benzene rings is 2. The van der Waals surface area contributed by atoms with Gasteiger partial charge >= 0.3 is 0 Å². The Kier molecular flexibility index (Phi) is 8.38. The van der Waals surface area contributed by atoms with E-state index in [1.807, 2.05) is 13.8 Å². The first-order valence-corrected chi connectivity index (χ1v) is 14.5. The summed E-state index contributed by atoms with van der Waals surface area (Å²) in [7, 11) is -7.53. The van der Waals surface area contributed by atoms with Crippen molar-refractivity contribution in [3.8, 4) is 0 Å². The van der Waals surface area contributed by atoms with Crippen molar-refractivity contribution in [1.29, 1.82) is 0 Å². The van der Waals surface area contributed by atoms with Crippen molar-refractivity contribution >= 4 is 31.6 Å². The van der Waals surface area contributed by atoms with Crippen LogP contribution in [0, 0.1) is 6.92 Å². The average molecular weight is 524 g/mol. The second kappa shape index (κ2) is 10.8. The molecule has 2 aromatic carbocycles. The van der Waals surface area contributed by atoms with Crippen LogP contribution in [0.5, 0.6) is 0 Å². The normalized spacial score (nSPS) is 19.6. The average Bonchev–Trinajstić information content (AvgIpc) is 2.80. The van der Waals surface area contributed by atoms with E-state index in [0.717, 1.165) is 0 Å². The number of nitrogens with zero attached hydrogens (tertiary/aromatic N) is 2. The second-order valence-electron chi connectivity index (χ2n) is 8.63. The van der Waals surface area contributed by atoms with Gasteiger partial charge in [0.05, 0.1) is 22.0 Å². The van der Waals surface area contributed by atoms with Gasteiger partial charge in [0.25, 0.3) is 5.91 Å². The van der Waals surface area contributed by atoms with Crippen molar-refractivity contribution in [2.45, 2.75) is 56.6 Å². The van der Waals surface area contributed by atoms with Crippen LogP contribution in [0.3, 0.4) is 0 Å². The smallest absolute Gasteiger partial charge is 0.255 e. The molecule has 1 saturated heterocycles. The minimum Gasteiger partial charge on any atom is -0.373 e. The fourth-order valence-corrected chi connectivity index (χ4v) is 7.48. The maximum atomic E-state index is 13.2. The molecule has 2 aromatic rings. The first-order chi connectivity index (χ1) is 16.4. The van der Waals surface area contributed by atoms with Crippen molar-refractivity contribution in [2.75, 3.05) is 31.5 Å². The van der Waals surface area contributed by atoms with Crippen LogP contribution in [0.1, 0.15) is 43.6 Å². The van der Waals surface area contributed by atoms with Gasteiger partial charge in [0.2, 0.25) is 20.0 Å². The molecule has 1 aliphatic heterocycles. The summed E-state index contributed by atoms with van der Waals surface area (Å²) in [6, 6.07) is 10.5. The Balaban J connectivity index is 1.86. The van der Waals surface area contributed by atoms with Crippen molar-refractivity contribution in [1.82, 2.24) is 8.61 Å². The second-order valence-corrected chi connectivity index (χ2v) is 12.5. The van der Waals surface area contributed by atoms with E-state index in [1.165, 1.54) is 38.9 Å². The Morgan fingerprint density at radius 1 is 1.03 bits per heavy atom. The lowest BCUT2D eigenvalue weighted by atomic mass is 10.2. The highest BCUT2D eigenvalue weighted by molar-refractivity contribution is 7.89. The highest BCUT2D eigenvalue weighted by atomic mass is 32.2. The Morgan fingerprint density at radius 2 is 1.66 bits per heavy atom. The third kappa shape index (κ3) is 5.92. The van der Waals surface area contributed by atoms with E-state index < -0.39 is 26.0 Å². The van der Waals surface area contributed by atoms with Gasteiger partial charge in [0, 0.05) is 37.4 Å². The van der Waals surface area contributed by atoms with Crippen molar-refractivity contribution < 1.29 is 26.4 Å². The monoisotopic (exact) mass is 523 g/mol. The zero-order valence-electron chi connectivity index (χ0n) is 20.7. The summed E-state index contributed by atoms with van der Waals surface area (Å²) in [5.74, 6) is -0.541. The summed E-state index contributed by atoms with van der Waals surface area (Å²) in [4.78, 5) is 13.1. The number of morpholine rings is 1. The van der Waals surface area contributed by atoms with Crippen LogP contribution in [-0.4, -0.2) is 69.7 Å². The number of nitrogens with one attached hydrogen (secondary N) is 1. The topological polar surface area (TPSA) is 113 Å². The summed E-state index contributed by atoms with van der Waals surface area (Å²) >= 11 is 0. The van der Waals surface area contributed by atoms with E-state index in [2.05, 4.69) is 5.32 Å². The number of aryl methyl sites for hydroxylation is 1. The fraction of sp³-hybridized carbons (Fsp3) is 0.458. The van der Waals surface area contributed by atoms with Crippen LogP contribution in [-0.2, 0) is 24.8 Å². The van der Waals surface area contributed by atoms with Crippen LogP contribution < -0.4 is 5.32 Å². The number of carbonyl (C=O) groups is 1. The Labute approximate surface area is 208 Å². The number of ether oxygens (including phenoxy) is 1. The lowest BCUT2D eigenvalue weighted by Gasteiger charge is -2.34. The molecule has 0 aliphatic carbocycles. The number of carbonyl (C=O) groups excluding carboxylic acids is 1. The largest absolute Gasteiger partial charge is 0.373 e. The predicted molar refractivity (Wildman–Crippen MR) is 134 cm³/mol. The van der Waals surface area contributed by atoms with E-state index in [9.17, 15) is 21.6 Å². The molecule has 0 bridgehead atoms. The molecule has 0 radical (unpaired) electrons. The minimum atomic E-state index is -3.82. The van der Waals surface area contributed by atoms with Gasteiger partial charge in [-0.3, -0.25) is 4.79 Å². The SMILES string of the molecule is CCN(CC)S(=O)(=O)c1cc(NC(=O)c2cccc(S(=O)(=O)N3C[C@@H](C)O[C@H](C)C3)c2)ccc1C. The fourth-order valence-electron chi connectivity index (χ4n) is 4.14. The van der Waals surface area contributed by atoms with E-state index in [-0.39, 0.29) is 40.7 Å².